The van der Waals surface area contributed by atoms with Gasteiger partial charge in [0, 0.05) is 36.7 Å². The van der Waals surface area contributed by atoms with Crippen LogP contribution in [0.2, 0.25) is 0 Å². The SMILES string of the molecule is C=C(Sc1cc(C(C)(F)F)ccc1C)C(C)CC(C)CC.C=CC.CC.CNN(/C=C(\C)C1CC1)C(C)C(C)C. The van der Waals surface area contributed by atoms with E-state index in [4.69, 9.17) is 0 Å². The number of halogens is 2. The topological polar surface area (TPSA) is 15.3 Å². The predicted octanol–water partition coefficient (Wildman–Crippen LogP) is 11.8. The molecule has 0 heterocycles. The van der Waals surface area contributed by atoms with E-state index in [9.17, 15) is 8.78 Å². The molecule has 0 bridgehead atoms. The van der Waals surface area contributed by atoms with E-state index in [1.54, 1.807) is 18.2 Å². The molecule has 1 aliphatic rings. The van der Waals surface area contributed by atoms with E-state index in [-0.39, 0.29) is 5.56 Å². The minimum Gasteiger partial charge on any atom is -0.313 e. The fourth-order valence-electron chi connectivity index (χ4n) is 3.70. The van der Waals surface area contributed by atoms with Crippen molar-refractivity contribution < 1.29 is 8.78 Å². The number of allylic oxidation sites excluding steroid dienone is 3. The van der Waals surface area contributed by atoms with E-state index in [1.807, 2.05) is 34.7 Å². The standard InChI is InChI=1S/C18H26F2S.C12H24N2.C3H6.C2H6/c1-7-12(2)10-14(4)15(5)21-17-11-16(18(6,19)20)9-8-13(17)3;1-9(2)11(4)14(13-5)8-10(3)12-6-7-12;1-3-2;1-2/h8-9,11-12,14H,5,7,10H2,1-4,6H3;8-9,11-13H,6-7H2,1-5H3;3H,1H2,2H3;1-2H3/b;10-8+;;. The molecule has 0 radical (unpaired) electrons. The van der Waals surface area contributed by atoms with Crippen molar-refractivity contribution in [2.75, 3.05) is 7.05 Å². The van der Waals surface area contributed by atoms with Crippen molar-refractivity contribution in [3.63, 3.8) is 0 Å². The summed E-state index contributed by atoms with van der Waals surface area (Å²) in [5, 5.41) is 2.23. The summed E-state index contributed by atoms with van der Waals surface area (Å²) in [4.78, 5) is 1.94. The molecule has 2 rings (SSSR count). The quantitative estimate of drug-likeness (QED) is 0.150. The maximum Gasteiger partial charge on any atom is 0.270 e. The Kier molecular flexibility index (Phi) is 21.5. The molecule has 3 atom stereocenters. The van der Waals surface area contributed by atoms with E-state index in [2.05, 4.69) is 78.3 Å². The number of hydrogen-bond acceptors (Lipinski definition) is 3. The maximum absolute atomic E-state index is 13.4. The van der Waals surface area contributed by atoms with Crippen LogP contribution in [-0.4, -0.2) is 18.1 Å². The normalized spacial score (nSPS) is 15.2. The number of hydrogen-bond donors (Lipinski definition) is 1. The zero-order chi connectivity index (χ0) is 31.6. The molecule has 1 N–H and O–H groups in total. The van der Waals surface area contributed by atoms with Crippen LogP contribution < -0.4 is 5.43 Å². The third-order valence-corrected chi connectivity index (χ3v) is 8.49. The van der Waals surface area contributed by atoms with Crippen molar-refractivity contribution in [3.8, 4) is 0 Å². The van der Waals surface area contributed by atoms with Crippen LogP contribution in [-0.2, 0) is 5.92 Å². The van der Waals surface area contributed by atoms with Crippen molar-refractivity contribution in [1.82, 2.24) is 10.4 Å². The molecule has 1 saturated carbocycles. The first-order chi connectivity index (χ1) is 18.6. The lowest BCUT2D eigenvalue weighted by Gasteiger charge is -2.30. The summed E-state index contributed by atoms with van der Waals surface area (Å²) >= 11 is 1.53. The van der Waals surface area contributed by atoms with E-state index < -0.39 is 5.92 Å². The second-order valence-corrected chi connectivity index (χ2v) is 12.4. The minimum absolute atomic E-state index is 0.0676. The third kappa shape index (κ3) is 16.6. The fraction of sp³-hybridized carbons (Fsp3) is 0.657. The number of nitrogens with zero attached hydrogens (tertiary/aromatic N) is 1. The van der Waals surface area contributed by atoms with Crippen molar-refractivity contribution in [3.05, 3.63) is 65.2 Å². The van der Waals surface area contributed by atoms with Crippen LogP contribution in [0.3, 0.4) is 0 Å². The van der Waals surface area contributed by atoms with Gasteiger partial charge in [-0.05, 0) is 87.2 Å². The van der Waals surface area contributed by atoms with Crippen LogP contribution in [0, 0.1) is 30.6 Å². The average Bonchev–Trinajstić information content (AvgIpc) is 3.75. The number of aryl methyl sites for hydroxylation is 1. The molecule has 1 aromatic carbocycles. The molecular formula is C35H62F2N2S. The average molecular weight is 581 g/mol. The van der Waals surface area contributed by atoms with E-state index in [1.165, 1.54) is 36.2 Å². The Labute approximate surface area is 252 Å². The van der Waals surface area contributed by atoms with Gasteiger partial charge < -0.3 is 5.01 Å². The van der Waals surface area contributed by atoms with Crippen LogP contribution in [0.25, 0.3) is 0 Å². The number of hydrazine groups is 1. The van der Waals surface area contributed by atoms with Gasteiger partial charge in [-0.1, -0.05) is 97.0 Å². The van der Waals surface area contributed by atoms with Crippen LogP contribution in [0.5, 0.6) is 0 Å². The molecule has 5 heteroatoms. The maximum atomic E-state index is 13.4. The monoisotopic (exact) mass is 580 g/mol. The van der Waals surface area contributed by atoms with Crippen LogP contribution in [0.15, 0.2) is 59.0 Å². The molecule has 0 aromatic heterocycles. The largest absolute Gasteiger partial charge is 0.313 e. The highest BCUT2D eigenvalue weighted by molar-refractivity contribution is 8.03. The molecule has 0 saturated heterocycles. The lowest BCUT2D eigenvalue weighted by molar-refractivity contribution is 0.0172. The van der Waals surface area contributed by atoms with Crippen molar-refractivity contribution in [1.29, 1.82) is 0 Å². The molecule has 1 aromatic rings. The lowest BCUT2D eigenvalue weighted by Crippen LogP contribution is -2.40. The van der Waals surface area contributed by atoms with Gasteiger partial charge in [-0.25, -0.2) is 14.2 Å². The second kappa shape index (κ2) is 21.2. The van der Waals surface area contributed by atoms with Gasteiger partial charge in [0.15, 0.2) is 0 Å². The number of thioether (sulfide) groups is 1. The van der Waals surface area contributed by atoms with Crippen molar-refractivity contribution >= 4 is 11.8 Å². The summed E-state index contributed by atoms with van der Waals surface area (Å²) in [7, 11) is 2.00. The highest BCUT2D eigenvalue weighted by Crippen LogP contribution is 2.38. The van der Waals surface area contributed by atoms with Crippen LogP contribution in [0.1, 0.15) is 113 Å². The molecule has 2 nitrogen and oxygen atoms in total. The summed E-state index contributed by atoms with van der Waals surface area (Å²) in [6, 6.07) is 5.42. The Hall–Kier alpha value is -1.59. The van der Waals surface area contributed by atoms with Crippen LogP contribution >= 0.6 is 11.8 Å². The Morgan fingerprint density at radius 3 is 2.10 bits per heavy atom. The second-order valence-electron chi connectivity index (χ2n) is 11.3. The van der Waals surface area contributed by atoms with E-state index in [0.29, 0.717) is 23.8 Å². The minimum atomic E-state index is -2.80. The number of nitrogens with one attached hydrogen (secondary N) is 1. The van der Waals surface area contributed by atoms with Gasteiger partial charge in [-0.2, -0.15) is 0 Å². The highest BCUT2D eigenvalue weighted by atomic mass is 32.2. The van der Waals surface area contributed by atoms with Gasteiger partial charge >= 0.3 is 0 Å². The molecule has 3 unspecified atom stereocenters. The van der Waals surface area contributed by atoms with Gasteiger partial charge in [0.05, 0.1) is 0 Å². The van der Waals surface area contributed by atoms with Gasteiger partial charge in [-0.3, -0.25) is 0 Å². The molecule has 40 heavy (non-hydrogen) atoms. The molecule has 1 fully saturated rings. The first-order valence-electron chi connectivity index (χ1n) is 15.2. The number of alkyl halides is 2. The summed E-state index contributed by atoms with van der Waals surface area (Å²) in [5.41, 5.74) is 5.86. The Bertz CT molecular complexity index is 869. The highest BCUT2D eigenvalue weighted by Gasteiger charge is 2.25. The van der Waals surface area contributed by atoms with Crippen molar-refractivity contribution in [2.45, 2.75) is 126 Å². The number of rotatable bonds is 12. The van der Waals surface area contributed by atoms with Crippen LogP contribution in [0.4, 0.5) is 8.78 Å². The summed E-state index contributed by atoms with van der Waals surface area (Å²) in [6.45, 7) is 31.9. The van der Waals surface area contributed by atoms with E-state index in [0.717, 1.165) is 41.0 Å². The first kappa shape index (κ1) is 40.5. The van der Waals surface area contributed by atoms with Gasteiger partial charge in [0.2, 0.25) is 0 Å². The summed E-state index contributed by atoms with van der Waals surface area (Å²) < 4.78 is 26.9. The molecule has 0 aliphatic heterocycles. The Morgan fingerprint density at radius 1 is 1.18 bits per heavy atom. The van der Waals surface area contributed by atoms with Gasteiger partial charge in [-0.15, -0.1) is 6.58 Å². The Morgan fingerprint density at radius 2 is 1.70 bits per heavy atom. The van der Waals surface area contributed by atoms with E-state index >= 15 is 0 Å². The first-order valence-corrected chi connectivity index (χ1v) is 16.0. The zero-order valence-corrected chi connectivity index (χ0v) is 28.9. The smallest absolute Gasteiger partial charge is 0.270 e. The number of benzene rings is 1. The summed E-state index contributed by atoms with van der Waals surface area (Å²) in [6.07, 6.45) is 9.04. The molecular weight excluding hydrogens is 518 g/mol. The summed E-state index contributed by atoms with van der Waals surface area (Å²) in [5.74, 6) is -0.219. The van der Waals surface area contributed by atoms with Crippen molar-refractivity contribution in [2.24, 2.45) is 23.7 Å². The van der Waals surface area contributed by atoms with Gasteiger partial charge in [0.25, 0.3) is 5.92 Å². The third-order valence-electron chi connectivity index (χ3n) is 7.16. The fourth-order valence-corrected chi connectivity index (χ4v) is 4.69. The molecule has 0 amide bonds. The molecule has 232 valence electrons. The molecule has 1 aliphatic carbocycles. The molecule has 0 spiro atoms. The van der Waals surface area contributed by atoms with Gasteiger partial charge in [0.1, 0.15) is 0 Å². The lowest BCUT2D eigenvalue weighted by atomic mass is 9.95. The zero-order valence-electron chi connectivity index (χ0n) is 28.1. The Balaban J connectivity index is 0. The predicted molar refractivity (Wildman–Crippen MR) is 178 cm³/mol.